The first-order chi connectivity index (χ1) is 5.38. The standard InChI is InChI=1S/C10H12O/c11-10-7-6-8-4-2-1-3-5-9(8)10/h2,4H,1,3,5-7H2. The Morgan fingerprint density at radius 1 is 1.18 bits per heavy atom. The molecule has 1 heteroatoms. The van der Waals surface area contributed by atoms with E-state index >= 15 is 0 Å². The van der Waals surface area contributed by atoms with Crippen LogP contribution in [0, 0.1) is 0 Å². The molecule has 0 heterocycles. The van der Waals surface area contributed by atoms with Gasteiger partial charge in [0.15, 0.2) is 5.78 Å². The number of Topliss-reactive ketones (excluding diaryl/α,β-unsaturated/α-hetero) is 1. The smallest absolute Gasteiger partial charge is 0.159 e. The Morgan fingerprint density at radius 3 is 3.00 bits per heavy atom. The van der Waals surface area contributed by atoms with Crippen LogP contribution < -0.4 is 0 Å². The highest BCUT2D eigenvalue weighted by atomic mass is 16.1. The molecule has 2 aliphatic carbocycles. The van der Waals surface area contributed by atoms with Gasteiger partial charge in [-0.3, -0.25) is 4.79 Å². The number of allylic oxidation sites excluding steroid dienone is 4. The molecule has 0 amide bonds. The zero-order valence-corrected chi connectivity index (χ0v) is 6.60. The van der Waals surface area contributed by atoms with Gasteiger partial charge in [0, 0.05) is 6.42 Å². The van der Waals surface area contributed by atoms with E-state index in [4.69, 9.17) is 0 Å². The maximum Gasteiger partial charge on any atom is 0.159 e. The van der Waals surface area contributed by atoms with E-state index in [1.807, 2.05) is 0 Å². The molecule has 1 nitrogen and oxygen atoms in total. The predicted molar refractivity (Wildman–Crippen MR) is 44.3 cm³/mol. The molecule has 0 atom stereocenters. The molecule has 0 aromatic rings. The van der Waals surface area contributed by atoms with Crippen molar-refractivity contribution in [3.63, 3.8) is 0 Å². The quantitative estimate of drug-likeness (QED) is 0.515. The maximum atomic E-state index is 11.3. The molecule has 0 radical (unpaired) electrons. The molecule has 0 saturated carbocycles. The summed E-state index contributed by atoms with van der Waals surface area (Å²) in [7, 11) is 0. The van der Waals surface area contributed by atoms with Gasteiger partial charge in [0.25, 0.3) is 0 Å². The maximum absolute atomic E-state index is 11.3. The molecule has 0 saturated heterocycles. The molecule has 0 unspecified atom stereocenters. The molecule has 0 spiro atoms. The van der Waals surface area contributed by atoms with Crippen LogP contribution in [0.1, 0.15) is 32.1 Å². The Labute approximate surface area is 66.8 Å². The summed E-state index contributed by atoms with van der Waals surface area (Å²) >= 11 is 0. The Hall–Kier alpha value is -0.850. The van der Waals surface area contributed by atoms with E-state index in [0.29, 0.717) is 5.78 Å². The molecule has 11 heavy (non-hydrogen) atoms. The summed E-state index contributed by atoms with van der Waals surface area (Å²) < 4.78 is 0. The monoisotopic (exact) mass is 148 g/mol. The number of rotatable bonds is 0. The molecule has 0 fully saturated rings. The van der Waals surface area contributed by atoms with Gasteiger partial charge in [-0.05, 0) is 36.8 Å². The summed E-state index contributed by atoms with van der Waals surface area (Å²) in [5.41, 5.74) is 2.44. The van der Waals surface area contributed by atoms with E-state index in [-0.39, 0.29) is 0 Å². The van der Waals surface area contributed by atoms with Crippen LogP contribution in [0.5, 0.6) is 0 Å². The van der Waals surface area contributed by atoms with Crippen molar-refractivity contribution in [2.24, 2.45) is 0 Å². The average molecular weight is 148 g/mol. The van der Waals surface area contributed by atoms with Gasteiger partial charge in [0.05, 0.1) is 0 Å². The molecule has 0 bridgehead atoms. The number of ketones is 1. The topological polar surface area (TPSA) is 17.1 Å². The fraction of sp³-hybridized carbons (Fsp3) is 0.500. The normalized spacial score (nSPS) is 23.8. The van der Waals surface area contributed by atoms with Crippen LogP contribution in [0.3, 0.4) is 0 Å². The summed E-state index contributed by atoms with van der Waals surface area (Å²) in [5, 5.41) is 0. The lowest BCUT2D eigenvalue weighted by Crippen LogP contribution is -1.95. The van der Waals surface area contributed by atoms with E-state index in [9.17, 15) is 4.79 Å². The molecule has 0 aromatic heterocycles. The molecule has 0 N–H and O–H groups in total. The lowest BCUT2D eigenvalue weighted by Gasteiger charge is -1.96. The van der Waals surface area contributed by atoms with E-state index in [1.165, 1.54) is 5.57 Å². The van der Waals surface area contributed by atoms with Crippen molar-refractivity contribution in [1.29, 1.82) is 0 Å². The molecular formula is C10H12O. The van der Waals surface area contributed by atoms with Crippen molar-refractivity contribution >= 4 is 5.78 Å². The number of hydrogen-bond acceptors (Lipinski definition) is 1. The number of hydrogen-bond donors (Lipinski definition) is 0. The zero-order chi connectivity index (χ0) is 7.68. The number of carbonyl (C=O) groups excluding carboxylic acids is 1. The molecule has 0 aromatic carbocycles. The molecule has 2 rings (SSSR count). The fourth-order valence-corrected chi connectivity index (χ4v) is 1.84. The van der Waals surface area contributed by atoms with Crippen LogP contribution in [-0.2, 0) is 4.79 Å². The van der Waals surface area contributed by atoms with E-state index < -0.39 is 0 Å². The van der Waals surface area contributed by atoms with Crippen molar-refractivity contribution in [2.45, 2.75) is 32.1 Å². The van der Waals surface area contributed by atoms with Crippen molar-refractivity contribution in [1.82, 2.24) is 0 Å². The fourth-order valence-electron chi connectivity index (χ4n) is 1.84. The summed E-state index contributed by atoms with van der Waals surface area (Å²) in [4.78, 5) is 11.3. The van der Waals surface area contributed by atoms with E-state index in [2.05, 4.69) is 12.2 Å². The molecule has 0 aliphatic heterocycles. The van der Waals surface area contributed by atoms with Crippen LogP contribution in [0.15, 0.2) is 23.3 Å². The summed E-state index contributed by atoms with van der Waals surface area (Å²) in [6.07, 6.45) is 9.40. The zero-order valence-electron chi connectivity index (χ0n) is 6.60. The van der Waals surface area contributed by atoms with Gasteiger partial charge < -0.3 is 0 Å². The van der Waals surface area contributed by atoms with Crippen molar-refractivity contribution in [3.8, 4) is 0 Å². The summed E-state index contributed by atoms with van der Waals surface area (Å²) in [5.74, 6) is 0.395. The lowest BCUT2D eigenvalue weighted by molar-refractivity contribution is -0.115. The highest BCUT2D eigenvalue weighted by Gasteiger charge is 2.21. The predicted octanol–water partition coefficient (Wildman–Crippen LogP) is 2.39. The van der Waals surface area contributed by atoms with Gasteiger partial charge in [0.1, 0.15) is 0 Å². The second-order valence-corrected chi connectivity index (χ2v) is 3.22. The first-order valence-corrected chi connectivity index (χ1v) is 4.30. The van der Waals surface area contributed by atoms with Crippen LogP contribution in [-0.4, -0.2) is 5.78 Å². The Kier molecular flexibility index (Phi) is 1.65. The van der Waals surface area contributed by atoms with Crippen molar-refractivity contribution < 1.29 is 4.79 Å². The van der Waals surface area contributed by atoms with Crippen molar-refractivity contribution in [2.75, 3.05) is 0 Å². The van der Waals surface area contributed by atoms with Crippen LogP contribution in [0.2, 0.25) is 0 Å². The minimum absolute atomic E-state index is 0.395. The van der Waals surface area contributed by atoms with Gasteiger partial charge in [-0.15, -0.1) is 0 Å². The summed E-state index contributed by atoms with van der Waals surface area (Å²) in [6.45, 7) is 0. The first kappa shape index (κ1) is 6.84. The van der Waals surface area contributed by atoms with Crippen LogP contribution >= 0.6 is 0 Å². The highest BCUT2D eigenvalue weighted by Crippen LogP contribution is 2.29. The second-order valence-electron chi connectivity index (χ2n) is 3.22. The number of carbonyl (C=O) groups is 1. The van der Waals surface area contributed by atoms with Gasteiger partial charge in [-0.25, -0.2) is 0 Å². The van der Waals surface area contributed by atoms with E-state index in [1.54, 1.807) is 0 Å². The minimum atomic E-state index is 0.395. The van der Waals surface area contributed by atoms with Gasteiger partial charge in [-0.1, -0.05) is 12.2 Å². The second kappa shape index (κ2) is 2.65. The summed E-state index contributed by atoms with van der Waals surface area (Å²) in [6, 6.07) is 0. The third-order valence-electron chi connectivity index (χ3n) is 2.46. The molecule has 58 valence electrons. The largest absolute Gasteiger partial charge is 0.295 e. The van der Waals surface area contributed by atoms with E-state index in [0.717, 1.165) is 37.7 Å². The molecule has 2 aliphatic rings. The Balaban J connectivity index is 2.32. The third kappa shape index (κ3) is 1.15. The van der Waals surface area contributed by atoms with Gasteiger partial charge >= 0.3 is 0 Å². The highest BCUT2D eigenvalue weighted by molar-refractivity contribution is 5.99. The third-order valence-corrected chi connectivity index (χ3v) is 2.46. The molecular weight excluding hydrogens is 136 g/mol. The minimum Gasteiger partial charge on any atom is -0.295 e. The SMILES string of the molecule is O=C1CCC2=C1CCCC=C2. The Morgan fingerprint density at radius 2 is 2.09 bits per heavy atom. The van der Waals surface area contributed by atoms with Crippen LogP contribution in [0.4, 0.5) is 0 Å². The first-order valence-electron chi connectivity index (χ1n) is 4.30. The average Bonchev–Trinajstić information content (AvgIpc) is 2.25. The van der Waals surface area contributed by atoms with Crippen LogP contribution in [0.25, 0.3) is 0 Å². The van der Waals surface area contributed by atoms with Crippen molar-refractivity contribution in [3.05, 3.63) is 23.3 Å². The Bertz CT molecular complexity index is 246. The van der Waals surface area contributed by atoms with Gasteiger partial charge in [0.2, 0.25) is 0 Å². The van der Waals surface area contributed by atoms with Gasteiger partial charge in [-0.2, -0.15) is 0 Å². The lowest BCUT2D eigenvalue weighted by atomic mass is 10.1.